The average molecular weight is 257 g/mol. The molecule has 0 aliphatic heterocycles. The smallest absolute Gasteiger partial charge is 0.202 e. The monoisotopic (exact) mass is 257 g/mol. The molecule has 0 bridgehead atoms. The first kappa shape index (κ1) is 14.4. The third-order valence-electron chi connectivity index (χ3n) is 2.54. The highest BCUT2D eigenvalue weighted by atomic mass is 32.1. The molecule has 0 aromatic carbocycles. The summed E-state index contributed by atoms with van der Waals surface area (Å²) in [5.74, 6) is 1.81. The largest absolute Gasteiger partial charge is 0.393 e. The molecule has 0 spiro atoms. The maximum Gasteiger partial charge on any atom is 0.202 e. The number of aliphatic hydroxyl groups excluding tert-OH is 1. The molecule has 1 aromatic heterocycles. The van der Waals surface area contributed by atoms with E-state index in [0.717, 1.165) is 30.3 Å². The highest BCUT2D eigenvalue weighted by Gasteiger charge is 2.09. The quantitative estimate of drug-likeness (QED) is 0.788. The molecule has 1 atom stereocenters. The van der Waals surface area contributed by atoms with Crippen molar-refractivity contribution < 1.29 is 5.11 Å². The van der Waals surface area contributed by atoms with Crippen molar-refractivity contribution >= 4 is 16.7 Å². The highest BCUT2D eigenvalue weighted by Crippen LogP contribution is 2.14. The Hall–Kier alpha value is -0.680. The van der Waals surface area contributed by atoms with Gasteiger partial charge in [-0.1, -0.05) is 27.7 Å². The van der Waals surface area contributed by atoms with Crippen molar-refractivity contribution in [3.63, 3.8) is 0 Å². The summed E-state index contributed by atoms with van der Waals surface area (Å²) in [6.07, 6.45) is 1.43. The van der Waals surface area contributed by atoms with Gasteiger partial charge in [-0.15, -0.1) is 0 Å². The van der Waals surface area contributed by atoms with Gasteiger partial charge in [-0.2, -0.15) is 4.37 Å². The van der Waals surface area contributed by atoms with Gasteiger partial charge in [0.15, 0.2) is 0 Å². The summed E-state index contributed by atoms with van der Waals surface area (Å²) in [5.41, 5.74) is 0. The molecule has 0 radical (unpaired) electrons. The molecule has 0 aliphatic rings. The molecular formula is C12H23N3OS. The number of rotatable bonds is 7. The van der Waals surface area contributed by atoms with E-state index in [0.29, 0.717) is 11.8 Å². The van der Waals surface area contributed by atoms with Crippen LogP contribution in [0.25, 0.3) is 0 Å². The molecule has 2 N–H and O–H groups in total. The summed E-state index contributed by atoms with van der Waals surface area (Å²) < 4.78 is 4.29. The van der Waals surface area contributed by atoms with Gasteiger partial charge in [-0.05, 0) is 18.3 Å². The Kier molecular flexibility index (Phi) is 5.85. The maximum atomic E-state index is 9.66. The number of aliphatic hydroxyl groups is 1. The maximum absolute atomic E-state index is 9.66. The molecule has 1 rings (SSSR count). The number of nitrogens with one attached hydrogen (secondary N) is 1. The zero-order chi connectivity index (χ0) is 12.8. The molecule has 0 saturated carbocycles. The van der Waals surface area contributed by atoms with Gasteiger partial charge < -0.3 is 10.4 Å². The lowest BCUT2D eigenvalue weighted by Gasteiger charge is -2.13. The van der Waals surface area contributed by atoms with Crippen molar-refractivity contribution in [2.75, 3.05) is 11.9 Å². The Bertz CT molecular complexity index is 325. The topological polar surface area (TPSA) is 58.0 Å². The third kappa shape index (κ3) is 5.46. The van der Waals surface area contributed by atoms with Crippen LogP contribution in [0, 0.1) is 11.8 Å². The van der Waals surface area contributed by atoms with E-state index in [-0.39, 0.29) is 6.10 Å². The fourth-order valence-corrected chi connectivity index (χ4v) is 2.05. The second-order valence-corrected chi connectivity index (χ2v) is 5.89. The van der Waals surface area contributed by atoms with Crippen LogP contribution in [0.5, 0.6) is 0 Å². The lowest BCUT2D eigenvalue weighted by atomic mass is 10.0. The van der Waals surface area contributed by atoms with Crippen molar-refractivity contribution in [2.45, 2.75) is 46.6 Å². The van der Waals surface area contributed by atoms with Crippen LogP contribution >= 0.6 is 11.5 Å². The Balaban J connectivity index is 2.30. The zero-order valence-electron chi connectivity index (χ0n) is 11.1. The molecule has 0 fully saturated rings. The van der Waals surface area contributed by atoms with Gasteiger partial charge in [0.2, 0.25) is 5.13 Å². The number of hydrogen-bond acceptors (Lipinski definition) is 5. The normalized spacial score (nSPS) is 13.4. The van der Waals surface area contributed by atoms with Crippen molar-refractivity contribution in [1.82, 2.24) is 9.36 Å². The number of aromatic nitrogens is 2. The summed E-state index contributed by atoms with van der Waals surface area (Å²) in [5, 5.41) is 13.7. The first-order chi connectivity index (χ1) is 7.99. The summed E-state index contributed by atoms with van der Waals surface area (Å²) in [6.45, 7) is 9.11. The fraction of sp³-hybridized carbons (Fsp3) is 0.833. The fourth-order valence-electron chi connectivity index (χ4n) is 1.43. The molecule has 0 saturated heterocycles. The van der Waals surface area contributed by atoms with Crippen molar-refractivity contribution in [1.29, 1.82) is 0 Å². The Labute approximate surface area is 108 Å². The van der Waals surface area contributed by atoms with E-state index < -0.39 is 0 Å². The minimum absolute atomic E-state index is 0.245. The third-order valence-corrected chi connectivity index (χ3v) is 3.26. The van der Waals surface area contributed by atoms with Crippen LogP contribution < -0.4 is 5.32 Å². The zero-order valence-corrected chi connectivity index (χ0v) is 11.9. The summed E-state index contributed by atoms with van der Waals surface area (Å²) in [7, 11) is 0. The average Bonchev–Trinajstić information content (AvgIpc) is 2.64. The highest BCUT2D eigenvalue weighted by molar-refractivity contribution is 7.09. The summed E-state index contributed by atoms with van der Waals surface area (Å²) in [6, 6.07) is 0. The van der Waals surface area contributed by atoms with Crippen LogP contribution in [0.4, 0.5) is 5.13 Å². The molecule has 1 aromatic rings. The lowest BCUT2D eigenvalue weighted by Crippen LogP contribution is -2.18. The lowest BCUT2D eigenvalue weighted by molar-refractivity contribution is 0.120. The van der Waals surface area contributed by atoms with Gasteiger partial charge in [-0.3, -0.25) is 0 Å². The minimum atomic E-state index is -0.245. The van der Waals surface area contributed by atoms with Gasteiger partial charge in [-0.25, -0.2) is 4.98 Å². The van der Waals surface area contributed by atoms with Crippen LogP contribution in [0.2, 0.25) is 0 Å². The Morgan fingerprint density at radius 3 is 2.59 bits per heavy atom. The molecule has 0 amide bonds. The van der Waals surface area contributed by atoms with Gasteiger partial charge in [0, 0.05) is 24.5 Å². The standard InChI is InChI=1S/C12H23N3OS/c1-8(2)7-11-14-12(17-15-11)13-6-5-10(16)9(3)4/h8-10,16H,5-7H2,1-4H3,(H,13,14,15). The van der Waals surface area contributed by atoms with E-state index in [9.17, 15) is 5.11 Å². The van der Waals surface area contributed by atoms with Crippen molar-refractivity contribution in [3.05, 3.63) is 5.82 Å². The van der Waals surface area contributed by atoms with Gasteiger partial charge in [0.05, 0.1) is 6.10 Å². The Morgan fingerprint density at radius 2 is 2.00 bits per heavy atom. The first-order valence-corrected chi connectivity index (χ1v) is 7.01. The second-order valence-electron chi connectivity index (χ2n) is 5.14. The van der Waals surface area contributed by atoms with Crippen LogP contribution in [0.15, 0.2) is 0 Å². The van der Waals surface area contributed by atoms with E-state index >= 15 is 0 Å². The van der Waals surface area contributed by atoms with Crippen molar-refractivity contribution in [2.24, 2.45) is 11.8 Å². The molecule has 1 unspecified atom stereocenters. The van der Waals surface area contributed by atoms with E-state index in [4.69, 9.17) is 0 Å². The number of hydrogen-bond donors (Lipinski definition) is 2. The predicted molar refractivity (Wildman–Crippen MR) is 72.4 cm³/mol. The van der Waals surface area contributed by atoms with Gasteiger partial charge >= 0.3 is 0 Å². The Morgan fingerprint density at radius 1 is 1.29 bits per heavy atom. The van der Waals surface area contributed by atoms with E-state index in [1.54, 1.807) is 0 Å². The SMILES string of the molecule is CC(C)Cc1nsc(NCCC(O)C(C)C)n1. The molecule has 4 nitrogen and oxygen atoms in total. The number of anilines is 1. The second kappa shape index (κ2) is 6.91. The first-order valence-electron chi connectivity index (χ1n) is 6.23. The molecule has 5 heteroatoms. The summed E-state index contributed by atoms with van der Waals surface area (Å²) >= 11 is 1.40. The van der Waals surface area contributed by atoms with Gasteiger partial charge in [0.1, 0.15) is 5.82 Å². The van der Waals surface area contributed by atoms with Crippen LogP contribution in [0.3, 0.4) is 0 Å². The van der Waals surface area contributed by atoms with Gasteiger partial charge in [0.25, 0.3) is 0 Å². The molecule has 17 heavy (non-hydrogen) atoms. The van der Waals surface area contributed by atoms with Crippen LogP contribution in [-0.2, 0) is 6.42 Å². The van der Waals surface area contributed by atoms with Crippen LogP contribution in [-0.4, -0.2) is 27.1 Å². The van der Waals surface area contributed by atoms with Crippen molar-refractivity contribution in [3.8, 4) is 0 Å². The van der Waals surface area contributed by atoms with Crippen LogP contribution in [0.1, 0.15) is 39.9 Å². The van der Waals surface area contributed by atoms with E-state index in [2.05, 4.69) is 28.5 Å². The van der Waals surface area contributed by atoms with E-state index in [1.165, 1.54) is 11.5 Å². The molecule has 1 heterocycles. The predicted octanol–water partition coefficient (Wildman–Crippen LogP) is 2.56. The molecule has 0 aliphatic carbocycles. The minimum Gasteiger partial charge on any atom is -0.393 e. The number of nitrogens with zero attached hydrogens (tertiary/aromatic N) is 2. The summed E-state index contributed by atoms with van der Waals surface area (Å²) in [4.78, 5) is 4.41. The molecule has 98 valence electrons. The van der Waals surface area contributed by atoms with E-state index in [1.807, 2.05) is 13.8 Å². The molecular weight excluding hydrogens is 234 g/mol.